The Kier molecular flexibility index (Phi) is 4.29. The summed E-state index contributed by atoms with van der Waals surface area (Å²) in [5.41, 5.74) is 12.0. The number of carbonyl (C=O) groups is 1. The maximum absolute atomic E-state index is 13.7. The van der Waals surface area contributed by atoms with Crippen molar-refractivity contribution in [3.8, 4) is 5.75 Å². The molecule has 0 aromatic heterocycles. The number of rotatable bonds is 4. The van der Waals surface area contributed by atoms with Crippen LogP contribution in [0.2, 0.25) is 0 Å². The minimum Gasteiger partial charge on any atom is -0.491 e. The maximum Gasteiger partial charge on any atom is 0.242 e. The molecule has 0 aliphatic carbocycles. The summed E-state index contributed by atoms with van der Waals surface area (Å²) in [7, 11) is 0. The molecule has 1 aliphatic heterocycles. The van der Waals surface area contributed by atoms with Gasteiger partial charge < -0.3 is 25.8 Å². The molecular weight excluding hydrogens is 265 g/mol. The van der Waals surface area contributed by atoms with Gasteiger partial charge in [0.2, 0.25) is 5.91 Å². The number of halogens is 1. The first-order chi connectivity index (χ1) is 9.54. The lowest BCUT2D eigenvalue weighted by Crippen LogP contribution is -2.52. The van der Waals surface area contributed by atoms with Crippen molar-refractivity contribution in [3.63, 3.8) is 0 Å². The van der Waals surface area contributed by atoms with Gasteiger partial charge in [-0.25, -0.2) is 4.39 Å². The number of nitrogens with two attached hydrogens (primary N) is 2. The van der Waals surface area contributed by atoms with Crippen LogP contribution in [-0.2, 0) is 9.53 Å². The predicted octanol–water partition coefficient (Wildman–Crippen LogP) is 0.497. The molecule has 1 aliphatic rings. The fraction of sp³-hybridized carbons (Fsp3) is 0.462. The maximum atomic E-state index is 13.7. The second kappa shape index (κ2) is 5.96. The van der Waals surface area contributed by atoms with E-state index in [9.17, 15) is 9.18 Å². The number of carbonyl (C=O) groups excluding carboxylic acids is 1. The Morgan fingerprint density at radius 2 is 2.35 bits per heavy atom. The van der Waals surface area contributed by atoms with Crippen molar-refractivity contribution in [3.05, 3.63) is 17.9 Å². The highest BCUT2D eigenvalue weighted by molar-refractivity contribution is 5.86. The molecule has 20 heavy (non-hydrogen) atoms. The summed E-state index contributed by atoms with van der Waals surface area (Å²) >= 11 is 0. The van der Waals surface area contributed by atoms with Gasteiger partial charge in [-0.2, -0.15) is 0 Å². The molecule has 1 aromatic carbocycles. The number of hydrogen-bond donors (Lipinski definition) is 2. The Morgan fingerprint density at radius 3 is 3.00 bits per heavy atom. The molecule has 0 bridgehead atoms. The minimum atomic E-state index is -0.619. The third-order valence-electron chi connectivity index (χ3n) is 3.15. The normalized spacial score (nSPS) is 18.9. The summed E-state index contributed by atoms with van der Waals surface area (Å²) in [5.74, 6) is -0.935. The largest absolute Gasteiger partial charge is 0.491 e. The lowest BCUT2D eigenvalue weighted by Gasteiger charge is -2.36. The van der Waals surface area contributed by atoms with E-state index in [0.29, 0.717) is 25.4 Å². The smallest absolute Gasteiger partial charge is 0.242 e. The lowest BCUT2D eigenvalue weighted by molar-refractivity contribution is -0.121. The first-order valence-electron chi connectivity index (χ1n) is 6.40. The molecule has 1 aromatic rings. The van der Waals surface area contributed by atoms with Gasteiger partial charge in [-0.05, 0) is 6.92 Å². The van der Waals surface area contributed by atoms with Gasteiger partial charge in [0.15, 0.2) is 11.6 Å². The third-order valence-corrected chi connectivity index (χ3v) is 3.15. The van der Waals surface area contributed by atoms with Crippen LogP contribution in [0.5, 0.6) is 5.75 Å². The summed E-state index contributed by atoms with van der Waals surface area (Å²) < 4.78 is 24.2. The number of amides is 1. The zero-order valence-electron chi connectivity index (χ0n) is 11.3. The number of nitrogen functional groups attached to an aromatic ring is 1. The van der Waals surface area contributed by atoms with E-state index in [2.05, 4.69) is 0 Å². The molecule has 1 saturated heterocycles. The van der Waals surface area contributed by atoms with Crippen LogP contribution in [0, 0.1) is 5.82 Å². The van der Waals surface area contributed by atoms with Gasteiger partial charge in [0.1, 0.15) is 6.04 Å². The van der Waals surface area contributed by atoms with Crippen LogP contribution in [0.25, 0.3) is 0 Å². The van der Waals surface area contributed by atoms with Crippen molar-refractivity contribution in [1.82, 2.24) is 0 Å². The van der Waals surface area contributed by atoms with Crippen LogP contribution in [0.4, 0.5) is 15.8 Å². The first kappa shape index (κ1) is 14.4. The van der Waals surface area contributed by atoms with Crippen LogP contribution in [0.15, 0.2) is 12.1 Å². The van der Waals surface area contributed by atoms with Crippen molar-refractivity contribution >= 4 is 17.3 Å². The van der Waals surface area contributed by atoms with E-state index in [4.69, 9.17) is 20.9 Å². The van der Waals surface area contributed by atoms with E-state index >= 15 is 0 Å². The van der Waals surface area contributed by atoms with Crippen LogP contribution in [0.1, 0.15) is 6.92 Å². The van der Waals surface area contributed by atoms with Gasteiger partial charge in [0, 0.05) is 18.7 Å². The SMILES string of the molecule is CCOc1cc(N2CCOCC2C(N)=O)c(N)cc1F. The van der Waals surface area contributed by atoms with Crippen molar-refractivity contribution in [2.75, 3.05) is 37.0 Å². The fourth-order valence-electron chi connectivity index (χ4n) is 2.20. The Labute approximate surface area is 116 Å². The predicted molar refractivity (Wildman–Crippen MR) is 73.1 cm³/mol. The van der Waals surface area contributed by atoms with Crippen molar-refractivity contribution < 1.29 is 18.7 Å². The number of ether oxygens (including phenoxy) is 2. The zero-order valence-corrected chi connectivity index (χ0v) is 11.3. The third kappa shape index (κ3) is 2.77. The van der Waals surface area contributed by atoms with Crippen LogP contribution in [-0.4, -0.2) is 38.3 Å². The minimum absolute atomic E-state index is 0.103. The van der Waals surface area contributed by atoms with Crippen molar-refractivity contribution in [1.29, 1.82) is 0 Å². The van der Waals surface area contributed by atoms with Gasteiger partial charge in [0.25, 0.3) is 0 Å². The quantitative estimate of drug-likeness (QED) is 0.785. The standard InChI is InChI=1S/C13H18FN3O3/c1-2-20-12-6-10(9(15)5-8(12)14)17-3-4-19-7-11(17)13(16)18/h5-6,11H,2-4,7,15H2,1H3,(H2,16,18). The average molecular weight is 283 g/mol. The van der Waals surface area contributed by atoms with Crippen molar-refractivity contribution in [2.45, 2.75) is 13.0 Å². The topological polar surface area (TPSA) is 90.8 Å². The number of anilines is 2. The Bertz CT molecular complexity index is 510. The molecular formula is C13H18FN3O3. The molecule has 0 radical (unpaired) electrons. The molecule has 2 rings (SSSR count). The molecule has 1 fully saturated rings. The van der Waals surface area contributed by atoms with Crippen molar-refractivity contribution in [2.24, 2.45) is 5.73 Å². The van der Waals surface area contributed by atoms with Gasteiger partial charge >= 0.3 is 0 Å². The Hall–Kier alpha value is -2.02. The second-order valence-corrected chi connectivity index (χ2v) is 4.46. The number of hydrogen-bond acceptors (Lipinski definition) is 5. The molecule has 7 heteroatoms. The van der Waals surface area contributed by atoms with E-state index in [0.717, 1.165) is 0 Å². The fourth-order valence-corrected chi connectivity index (χ4v) is 2.20. The molecule has 110 valence electrons. The van der Waals surface area contributed by atoms with Gasteiger partial charge in [-0.3, -0.25) is 4.79 Å². The van der Waals surface area contributed by atoms with Gasteiger partial charge in [0.05, 0.1) is 31.2 Å². The monoisotopic (exact) mass is 283 g/mol. The van der Waals surface area contributed by atoms with E-state index in [1.807, 2.05) is 0 Å². The van der Waals surface area contributed by atoms with Crippen LogP contribution in [0.3, 0.4) is 0 Å². The summed E-state index contributed by atoms with van der Waals surface area (Å²) in [5, 5.41) is 0. The molecule has 1 heterocycles. The molecule has 1 unspecified atom stereocenters. The number of morpholine rings is 1. The number of primary amides is 1. The Balaban J connectivity index is 2.39. The summed E-state index contributed by atoms with van der Waals surface area (Å²) in [4.78, 5) is 13.2. The summed E-state index contributed by atoms with van der Waals surface area (Å²) in [6.45, 7) is 3.19. The van der Waals surface area contributed by atoms with E-state index in [1.165, 1.54) is 12.1 Å². The zero-order chi connectivity index (χ0) is 14.7. The molecule has 6 nitrogen and oxygen atoms in total. The lowest BCUT2D eigenvalue weighted by atomic mass is 10.1. The van der Waals surface area contributed by atoms with E-state index in [-0.39, 0.29) is 18.0 Å². The van der Waals surface area contributed by atoms with Gasteiger partial charge in [-0.1, -0.05) is 0 Å². The van der Waals surface area contributed by atoms with Crippen LogP contribution >= 0.6 is 0 Å². The second-order valence-electron chi connectivity index (χ2n) is 4.46. The first-order valence-corrected chi connectivity index (χ1v) is 6.40. The van der Waals surface area contributed by atoms with E-state index < -0.39 is 17.8 Å². The van der Waals surface area contributed by atoms with E-state index in [1.54, 1.807) is 11.8 Å². The van der Waals surface area contributed by atoms with Gasteiger partial charge in [-0.15, -0.1) is 0 Å². The molecule has 1 amide bonds. The molecule has 0 saturated carbocycles. The number of benzene rings is 1. The highest BCUT2D eigenvalue weighted by Gasteiger charge is 2.29. The molecule has 0 spiro atoms. The highest BCUT2D eigenvalue weighted by atomic mass is 19.1. The Morgan fingerprint density at radius 1 is 1.60 bits per heavy atom. The molecule has 4 N–H and O–H groups in total. The summed E-state index contributed by atoms with van der Waals surface area (Å²) in [6, 6.07) is 2.06. The molecule has 1 atom stereocenters. The average Bonchev–Trinajstić information content (AvgIpc) is 2.42. The summed E-state index contributed by atoms with van der Waals surface area (Å²) in [6.07, 6.45) is 0. The van der Waals surface area contributed by atoms with Crippen LogP contribution < -0.4 is 21.1 Å². The number of nitrogens with zero attached hydrogens (tertiary/aromatic N) is 1. The highest BCUT2D eigenvalue weighted by Crippen LogP contribution is 2.33.